The van der Waals surface area contributed by atoms with Crippen LogP contribution in [0.15, 0.2) is 42.5 Å². The number of piperidine rings is 3. The van der Waals surface area contributed by atoms with Gasteiger partial charge in [0, 0.05) is 82.8 Å². The van der Waals surface area contributed by atoms with Crippen molar-refractivity contribution < 1.29 is 51.2 Å². The molecule has 4 amide bonds. The van der Waals surface area contributed by atoms with Gasteiger partial charge in [0.2, 0.25) is 0 Å². The highest BCUT2D eigenvalue weighted by atomic mass is 19.4. The minimum atomic E-state index is -5.08. The predicted octanol–water partition coefficient (Wildman–Crippen LogP) is 5.41. The van der Waals surface area contributed by atoms with E-state index in [0.717, 1.165) is 37.2 Å². The van der Waals surface area contributed by atoms with Crippen LogP contribution >= 0.6 is 0 Å². The molecule has 3 fully saturated rings. The molecule has 53 heavy (non-hydrogen) atoms. The number of anilines is 1. The molecule has 6 rings (SSSR count). The van der Waals surface area contributed by atoms with Gasteiger partial charge in [0.05, 0.1) is 16.7 Å². The smallest absolute Gasteiger partial charge is 0.416 e. The second-order valence-electron chi connectivity index (χ2n) is 15.1. The SMILES string of the molecule is CC1([NH3+])CCN(C2CCN(C(=O)C(Cc3cc(C(F)(F)F)cc(C(F)(F)F)c3)OC(=O)N3CCC(N4CCc5ccccc5NC4=O)CC3)CC2)CC1. The second-order valence-corrected chi connectivity index (χ2v) is 15.1. The molecule has 0 aromatic heterocycles. The fourth-order valence-electron chi connectivity index (χ4n) is 7.91. The van der Waals surface area contributed by atoms with Crippen molar-refractivity contribution in [2.45, 2.75) is 94.4 Å². The van der Waals surface area contributed by atoms with Gasteiger partial charge in [-0.25, -0.2) is 9.59 Å². The van der Waals surface area contributed by atoms with Crippen molar-refractivity contribution in [1.29, 1.82) is 0 Å². The summed E-state index contributed by atoms with van der Waals surface area (Å²) in [7, 11) is 0. The number of likely N-dealkylation sites (tertiary alicyclic amines) is 3. The number of benzene rings is 2. The standard InChI is InChI=1S/C37H46F6N6O4/c1-35(44)11-18-46(19-12-35)28-7-13-47(14-8-28)32(50)31(22-24-20-26(36(38,39)40)23-27(21-24)37(41,42)43)53-34(52)48-15-9-29(10-16-48)49-17-6-25-4-2-3-5-30(25)45-33(49)51/h2-5,20-21,23,28-29,31H,6-19,22,44H2,1H3,(H,45,51)/p+1. The molecule has 2 aromatic carbocycles. The Hall–Kier alpha value is -4.05. The normalized spacial score (nSPS) is 21.4. The fraction of sp³-hybridized carbons (Fsp3) is 0.595. The summed E-state index contributed by atoms with van der Waals surface area (Å²) in [6.45, 7) is 5.33. The van der Waals surface area contributed by atoms with Crippen molar-refractivity contribution in [3.05, 3.63) is 64.7 Å². The summed E-state index contributed by atoms with van der Waals surface area (Å²) in [6, 6.07) is 8.50. The molecule has 0 bridgehead atoms. The predicted molar refractivity (Wildman–Crippen MR) is 183 cm³/mol. The van der Waals surface area contributed by atoms with Crippen LogP contribution in [0, 0.1) is 0 Å². The Labute approximate surface area is 304 Å². The molecule has 4 N–H and O–H groups in total. The summed E-state index contributed by atoms with van der Waals surface area (Å²) in [5.74, 6) is -0.664. The third-order valence-corrected chi connectivity index (χ3v) is 11.2. The lowest BCUT2D eigenvalue weighted by atomic mass is 9.89. The van der Waals surface area contributed by atoms with Crippen LogP contribution in [0.1, 0.15) is 67.7 Å². The Bertz CT molecular complexity index is 1610. The Morgan fingerprint density at radius 3 is 2.02 bits per heavy atom. The van der Waals surface area contributed by atoms with Gasteiger partial charge < -0.3 is 30.5 Å². The highest BCUT2D eigenvalue weighted by Gasteiger charge is 2.40. The van der Waals surface area contributed by atoms with Gasteiger partial charge in [0.1, 0.15) is 0 Å². The van der Waals surface area contributed by atoms with Crippen molar-refractivity contribution >= 4 is 23.7 Å². The zero-order valence-corrected chi connectivity index (χ0v) is 29.8. The average molecular weight is 754 g/mol. The maximum absolute atomic E-state index is 14.0. The molecule has 1 unspecified atom stereocenters. The van der Waals surface area contributed by atoms with Gasteiger partial charge in [-0.15, -0.1) is 0 Å². The summed E-state index contributed by atoms with van der Waals surface area (Å²) < 4.78 is 88.0. The van der Waals surface area contributed by atoms with E-state index in [-0.39, 0.29) is 42.8 Å². The number of carbonyl (C=O) groups is 3. The Morgan fingerprint density at radius 2 is 1.42 bits per heavy atom. The molecule has 3 saturated heterocycles. The number of rotatable bonds is 6. The van der Waals surface area contributed by atoms with Crippen molar-refractivity contribution in [2.24, 2.45) is 0 Å². The Balaban J connectivity index is 1.14. The number of nitrogens with zero attached hydrogens (tertiary/aromatic N) is 4. The highest BCUT2D eigenvalue weighted by Crippen LogP contribution is 2.37. The van der Waals surface area contributed by atoms with E-state index in [1.54, 1.807) is 4.90 Å². The van der Waals surface area contributed by atoms with Crippen molar-refractivity contribution in [1.82, 2.24) is 19.6 Å². The van der Waals surface area contributed by atoms with Gasteiger partial charge in [-0.05, 0) is 74.4 Å². The average Bonchev–Trinajstić information content (AvgIpc) is 3.28. The Kier molecular flexibility index (Phi) is 11.2. The number of hydrogen-bond acceptors (Lipinski definition) is 5. The molecular formula is C37H47F6N6O4+. The third kappa shape index (κ3) is 9.37. The number of fused-ring (bicyclic) bond motifs is 1. The van der Waals surface area contributed by atoms with Crippen molar-refractivity contribution in [3.63, 3.8) is 0 Å². The summed E-state index contributed by atoms with van der Waals surface area (Å²) >= 11 is 0. The maximum atomic E-state index is 14.0. The summed E-state index contributed by atoms with van der Waals surface area (Å²) in [5, 5.41) is 2.94. The zero-order chi connectivity index (χ0) is 38.1. The van der Waals surface area contributed by atoms with E-state index in [9.17, 15) is 40.7 Å². The maximum Gasteiger partial charge on any atom is 0.416 e. The summed E-state index contributed by atoms with van der Waals surface area (Å²) in [6.07, 6.45) is -8.75. The molecule has 10 nitrogen and oxygen atoms in total. The molecule has 4 aliphatic rings. The van der Waals surface area contributed by atoms with Crippen LogP contribution in [-0.4, -0.2) is 107 Å². The number of quaternary nitrogens is 1. The topological polar surface area (TPSA) is 113 Å². The van der Waals surface area contributed by atoms with E-state index in [1.807, 2.05) is 24.3 Å². The van der Waals surface area contributed by atoms with Crippen LogP contribution in [0.5, 0.6) is 0 Å². The van der Waals surface area contributed by atoms with Crippen LogP contribution in [0.4, 0.5) is 41.6 Å². The van der Waals surface area contributed by atoms with Gasteiger partial charge >= 0.3 is 24.5 Å². The number of carbonyl (C=O) groups excluding carboxylic acids is 3. The number of nitrogens with one attached hydrogen (secondary N) is 1. The first kappa shape index (κ1) is 38.7. The van der Waals surface area contributed by atoms with Gasteiger partial charge in [-0.2, -0.15) is 26.3 Å². The lowest BCUT2D eigenvalue weighted by molar-refractivity contribution is -0.479. The first-order chi connectivity index (χ1) is 25.0. The molecule has 2 aromatic rings. The minimum Gasteiger partial charge on any atom is -0.436 e. The van der Waals surface area contributed by atoms with Crippen LogP contribution in [0.2, 0.25) is 0 Å². The van der Waals surface area contributed by atoms with Crippen molar-refractivity contribution in [3.8, 4) is 0 Å². The Morgan fingerprint density at radius 1 is 0.849 bits per heavy atom. The van der Waals surface area contributed by atoms with Gasteiger partial charge in [-0.1, -0.05) is 18.2 Å². The molecular weight excluding hydrogens is 706 g/mol. The number of alkyl halides is 6. The molecule has 0 saturated carbocycles. The largest absolute Gasteiger partial charge is 0.436 e. The minimum absolute atomic E-state index is 0.0170. The molecule has 4 aliphatic heterocycles. The molecule has 290 valence electrons. The lowest BCUT2D eigenvalue weighted by Crippen LogP contribution is -2.74. The molecule has 0 radical (unpaired) electrons. The molecule has 1 atom stereocenters. The van der Waals surface area contributed by atoms with E-state index in [1.165, 1.54) is 9.80 Å². The van der Waals surface area contributed by atoms with Crippen LogP contribution in [-0.2, 0) is 34.7 Å². The molecule has 0 spiro atoms. The van der Waals surface area contributed by atoms with Gasteiger partial charge in [-0.3, -0.25) is 9.69 Å². The zero-order valence-electron chi connectivity index (χ0n) is 29.8. The number of halogens is 6. The van der Waals surface area contributed by atoms with Gasteiger partial charge in [0.25, 0.3) is 5.91 Å². The van der Waals surface area contributed by atoms with E-state index in [0.29, 0.717) is 63.9 Å². The number of para-hydroxylation sites is 1. The summed E-state index contributed by atoms with van der Waals surface area (Å²) in [4.78, 5) is 47.6. The van der Waals surface area contributed by atoms with Crippen LogP contribution in [0.3, 0.4) is 0 Å². The third-order valence-electron chi connectivity index (χ3n) is 11.2. The number of urea groups is 1. The van der Waals surface area contributed by atoms with E-state index in [2.05, 4.69) is 22.9 Å². The monoisotopic (exact) mass is 753 g/mol. The first-order valence-corrected chi connectivity index (χ1v) is 18.2. The number of hydrogen-bond donors (Lipinski definition) is 2. The molecule has 0 aliphatic carbocycles. The second kappa shape index (κ2) is 15.4. The number of amides is 4. The van der Waals surface area contributed by atoms with Gasteiger partial charge in [0.15, 0.2) is 6.10 Å². The van der Waals surface area contributed by atoms with Crippen LogP contribution in [0.25, 0.3) is 0 Å². The van der Waals surface area contributed by atoms with Crippen molar-refractivity contribution in [2.75, 3.05) is 51.1 Å². The number of ether oxygens (including phenoxy) is 1. The quantitative estimate of drug-likeness (QED) is 0.384. The van der Waals surface area contributed by atoms with E-state index >= 15 is 0 Å². The van der Waals surface area contributed by atoms with Crippen LogP contribution < -0.4 is 11.1 Å². The van der Waals surface area contributed by atoms with E-state index < -0.39 is 53.6 Å². The molecule has 16 heteroatoms. The molecule has 4 heterocycles. The fourth-order valence-corrected chi connectivity index (χ4v) is 7.91. The first-order valence-electron chi connectivity index (χ1n) is 18.2. The lowest BCUT2D eigenvalue weighted by Gasteiger charge is -2.43. The highest BCUT2D eigenvalue weighted by molar-refractivity contribution is 5.91. The summed E-state index contributed by atoms with van der Waals surface area (Å²) in [5.41, 5.74) is 2.59. The van der Waals surface area contributed by atoms with E-state index in [4.69, 9.17) is 4.74 Å².